The van der Waals surface area contributed by atoms with Crippen molar-refractivity contribution in [3.05, 3.63) is 36.4 Å². The van der Waals surface area contributed by atoms with Crippen molar-refractivity contribution in [2.24, 2.45) is 11.5 Å². The maximum absolute atomic E-state index is 5.20. The number of aromatic nitrogens is 4. The quantitative estimate of drug-likeness (QED) is 0.575. The van der Waals surface area contributed by atoms with E-state index in [1.165, 1.54) is 0 Å². The fraction of sp³-hybridized carbons (Fsp3) is 0.250. The summed E-state index contributed by atoms with van der Waals surface area (Å²) in [6.07, 6.45) is 6.87. The molecule has 0 spiro atoms. The van der Waals surface area contributed by atoms with Gasteiger partial charge >= 0.3 is 0 Å². The second-order valence-corrected chi connectivity index (χ2v) is 2.48. The van der Waals surface area contributed by atoms with E-state index in [0.29, 0.717) is 13.1 Å². The van der Waals surface area contributed by atoms with Crippen LogP contribution in [0.5, 0.6) is 0 Å². The SMILES string of the molecule is NCc1ncc[nH]1.NCc1ncc[nH]1.[Re]. The molecule has 0 aliphatic carbocycles. The topological polar surface area (TPSA) is 109 Å². The standard InChI is InChI=1S/2C4H7N3.Re/c2*5-3-4-6-1-2-7-4;/h2*1-2H,3,5H2,(H,6,7);. The molecule has 2 heterocycles. The van der Waals surface area contributed by atoms with E-state index in [-0.39, 0.29) is 20.4 Å². The van der Waals surface area contributed by atoms with Crippen LogP contribution in [0.4, 0.5) is 0 Å². The normalized spacial score (nSPS) is 8.67. The molecule has 15 heavy (non-hydrogen) atoms. The fourth-order valence-corrected chi connectivity index (χ4v) is 0.819. The molecule has 0 bridgehead atoms. The largest absolute Gasteiger partial charge is 0.348 e. The van der Waals surface area contributed by atoms with Gasteiger partial charge in [0.25, 0.3) is 0 Å². The molecular weight excluding hydrogens is 366 g/mol. The van der Waals surface area contributed by atoms with E-state index in [2.05, 4.69) is 19.9 Å². The van der Waals surface area contributed by atoms with Gasteiger partial charge in [-0.05, 0) is 0 Å². The molecule has 2 rings (SSSR count). The zero-order valence-electron chi connectivity index (χ0n) is 8.15. The van der Waals surface area contributed by atoms with Gasteiger partial charge in [0.15, 0.2) is 0 Å². The molecule has 0 amide bonds. The van der Waals surface area contributed by atoms with Gasteiger partial charge < -0.3 is 21.4 Å². The smallest absolute Gasteiger partial charge is 0.119 e. The Balaban J connectivity index is 0.000000245. The summed E-state index contributed by atoms with van der Waals surface area (Å²) in [5, 5.41) is 0. The third kappa shape index (κ3) is 5.44. The Morgan fingerprint density at radius 2 is 1.33 bits per heavy atom. The summed E-state index contributed by atoms with van der Waals surface area (Å²) in [6.45, 7) is 0.986. The molecule has 1 radical (unpaired) electrons. The van der Waals surface area contributed by atoms with Crippen molar-refractivity contribution < 1.29 is 20.4 Å². The molecule has 0 aromatic carbocycles. The van der Waals surface area contributed by atoms with Crippen LogP contribution < -0.4 is 11.5 Å². The van der Waals surface area contributed by atoms with E-state index in [4.69, 9.17) is 11.5 Å². The maximum atomic E-state index is 5.20. The second-order valence-electron chi connectivity index (χ2n) is 2.48. The first kappa shape index (κ1) is 14.0. The Bertz CT molecular complexity index is 283. The zero-order chi connectivity index (χ0) is 10.2. The number of nitrogens with zero attached hydrogens (tertiary/aromatic N) is 2. The Morgan fingerprint density at radius 3 is 1.47 bits per heavy atom. The van der Waals surface area contributed by atoms with Crippen LogP contribution in [-0.2, 0) is 33.5 Å². The van der Waals surface area contributed by atoms with Crippen LogP contribution in [-0.4, -0.2) is 19.9 Å². The van der Waals surface area contributed by atoms with Crippen LogP contribution in [0, 0.1) is 0 Å². The van der Waals surface area contributed by atoms with Crippen molar-refractivity contribution in [3.63, 3.8) is 0 Å². The molecule has 0 atom stereocenters. The second kappa shape index (κ2) is 8.32. The Labute approximate surface area is 102 Å². The van der Waals surface area contributed by atoms with Crippen LogP contribution >= 0.6 is 0 Å². The monoisotopic (exact) mass is 381 g/mol. The molecule has 83 valence electrons. The number of H-pyrrole nitrogens is 2. The van der Waals surface area contributed by atoms with Crippen LogP contribution in [0.15, 0.2) is 24.8 Å². The van der Waals surface area contributed by atoms with Crippen molar-refractivity contribution in [1.29, 1.82) is 0 Å². The summed E-state index contributed by atoms with van der Waals surface area (Å²) in [4.78, 5) is 13.4. The molecule has 2 aromatic heterocycles. The minimum Gasteiger partial charge on any atom is -0.348 e. The predicted octanol–water partition coefficient (Wildman–Crippen LogP) is -0.266. The molecule has 6 nitrogen and oxygen atoms in total. The third-order valence-corrected chi connectivity index (χ3v) is 1.50. The first-order valence-corrected chi connectivity index (χ1v) is 4.23. The molecule has 0 fully saturated rings. The number of hydrogen-bond acceptors (Lipinski definition) is 4. The van der Waals surface area contributed by atoms with E-state index < -0.39 is 0 Å². The minimum absolute atomic E-state index is 0. The van der Waals surface area contributed by atoms with E-state index in [1.54, 1.807) is 24.8 Å². The number of nitrogens with one attached hydrogen (secondary N) is 2. The number of nitrogens with two attached hydrogens (primary N) is 2. The summed E-state index contributed by atoms with van der Waals surface area (Å²) in [6, 6.07) is 0. The van der Waals surface area contributed by atoms with E-state index in [1.807, 2.05) is 0 Å². The molecule has 0 aliphatic rings. The summed E-state index contributed by atoms with van der Waals surface area (Å²) in [5.74, 6) is 1.67. The van der Waals surface area contributed by atoms with Gasteiger partial charge in [0.1, 0.15) is 11.6 Å². The van der Waals surface area contributed by atoms with Crippen molar-refractivity contribution in [2.75, 3.05) is 0 Å². The first-order valence-electron chi connectivity index (χ1n) is 4.23. The van der Waals surface area contributed by atoms with E-state index >= 15 is 0 Å². The fourth-order valence-electron chi connectivity index (χ4n) is 0.819. The molecule has 0 saturated carbocycles. The third-order valence-electron chi connectivity index (χ3n) is 1.50. The van der Waals surface area contributed by atoms with Crippen molar-refractivity contribution in [1.82, 2.24) is 19.9 Å². The van der Waals surface area contributed by atoms with E-state index in [9.17, 15) is 0 Å². The average molecular weight is 380 g/mol. The van der Waals surface area contributed by atoms with Crippen molar-refractivity contribution in [2.45, 2.75) is 13.1 Å². The average Bonchev–Trinajstić information content (AvgIpc) is 2.92. The van der Waals surface area contributed by atoms with Gasteiger partial charge in [-0.2, -0.15) is 0 Å². The van der Waals surface area contributed by atoms with Crippen LogP contribution in [0.2, 0.25) is 0 Å². The van der Waals surface area contributed by atoms with Gasteiger partial charge in [-0.3, -0.25) is 0 Å². The predicted molar refractivity (Wildman–Crippen MR) is 53.0 cm³/mol. The van der Waals surface area contributed by atoms with Crippen LogP contribution in [0.25, 0.3) is 0 Å². The summed E-state index contributed by atoms with van der Waals surface area (Å²) in [7, 11) is 0. The first-order chi connectivity index (χ1) is 6.86. The number of aromatic amines is 2. The molecular formula is C8H14N6Re. The van der Waals surface area contributed by atoms with Crippen molar-refractivity contribution >= 4 is 0 Å². The summed E-state index contributed by atoms with van der Waals surface area (Å²) < 4.78 is 0. The number of rotatable bonds is 2. The number of imidazole rings is 2. The molecule has 6 N–H and O–H groups in total. The summed E-state index contributed by atoms with van der Waals surface area (Å²) in [5.41, 5.74) is 10.4. The van der Waals surface area contributed by atoms with Gasteiger partial charge in [-0.25, -0.2) is 9.97 Å². The zero-order valence-corrected chi connectivity index (χ0v) is 10.9. The van der Waals surface area contributed by atoms with Gasteiger partial charge in [0.2, 0.25) is 0 Å². The van der Waals surface area contributed by atoms with Gasteiger partial charge in [-0.1, -0.05) is 0 Å². The Morgan fingerprint density at radius 1 is 0.933 bits per heavy atom. The number of hydrogen-bond donors (Lipinski definition) is 4. The van der Waals surface area contributed by atoms with Crippen LogP contribution in [0.3, 0.4) is 0 Å². The Kier molecular flexibility index (Phi) is 7.77. The molecule has 2 aromatic rings. The van der Waals surface area contributed by atoms with Crippen molar-refractivity contribution in [3.8, 4) is 0 Å². The molecule has 7 heteroatoms. The van der Waals surface area contributed by atoms with Gasteiger partial charge in [0, 0.05) is 45.2 Å². The minimum atomic E-state index is 0. The Hall–Kier alpha value is -0.998. The molecule has 0 saturated heterocycles. The van der Waals surface area contributed by atoms with E-state index in [0.717, 1.165) is 11.6 Å². The molecule has 0 aliphatic heterocycles. The van der Waals surface area contributed by atoms with Gasteiger partial charge in [0.05, 0.1) is 13.1 Å². The summed E-state index contributed by atoms with van der Waals surface area (Å²) >= 11 is 0. The maximum Gasteiger partial charge on any atom is 0.119 e. The van der Waals surface area contributed by atoms with Gasteiger partial charge in [-0.15, -0.1) is 0 Å². The van der Waals surface area contributed by atoms with Crippen LogP contribution in [0.1, 0.15) is 11.6 Å². The molecule has 0 unspecified atom stereocenters.